The molecule has 2 heterocycles. The summed E-state index contributed by atoms with van der Waals surface area (Å²) in [6.45, 7) is 11.6. The van der Waals surface area contributed by atoms with Gasteiger partial charge in [-0.3, -0.25) is 4.79 Å². The van der Waals surface area contributed by atoms with Crippen LogP contribution in [0.5, 0.6) is 0 Å². The molecule has 1 unspecified atom stereocenters. The normalized spacial score (nSPS) is 18.7. The van der Waals surface area contributed by atoms with Crippen molar-refractivity contribution in [1.82, 2.24) is 9.80 Å². The molecule has 34 heavy (non-hydrogen) atoms. The van der Waals surface area contributed by atoms with Crippen molar-refractivity contribution in [1.29, 1.82) is 0 Å². The van der Waals surface area contributed by atoms with E-state index in [1.54, 1.807) is 4.90 Å². The number of amides is 3. The number of hydrogen-bond donors (Lipinski definition) is 1. The van der Waals surface area contributed by atoms with Crippen LogP contribution in [-0.2, 0) is 11.2 Å². The standard InChI is InChI=1S/C27H39BrClN3O2/c1-4-18(3)14-23(26-20(5-2)16-22(29)17-24(26)28)21-8-12-31(13-9-21)25(33)15-19-6-10-32(11-7-19)27(30)34/h16-17,19,21,23H,3-15H2,1-2H3,(H2,30,34). The largest absolute Gasteiger partial charge is 0.351 e. The predicted molar refractivity (Wildman–Crippen MR) is 143 cm³/mol. The van der Waals surface area contributed by atoms with E-state index in [1.807, 2.05) is 6.07 Å². The van der Waals surface area contributed by atoms with E-state index in [9.17, 15) is 9.59 Å². The summed E-state index contributed by atoms with van der Waals surface area (Å²) < 4.78 is 1.09. The van der Waals surface area contributed by atoms with Gasteiger partial charge in [-0.2, -0.15) is 0 Å². The molecule has 2 aliphatic heterocycles. The summed E-state index contributed by atoms with van der Waals surface area (Å²) in [6, 6.07) is 3.76. The van der Waals surface area contributed by atoms with E-state index in [-0.39, 0.29) is 11.9 Å². The fourth-order valence-corrected chi connectivity index (χ4v) is 6.76. The minimum atomic E-state index is -0.356. The summed E-state index contributed by atoms with van der Waals surface area (Å²) in [4.78, 5) is 28.1. The zero-order chi connectivity index (χ0) is 24.8. The van der Waals surface area contributed by atoms with E-state index in [2.05, 4.69) is 47.3 Å². The monoisotopic (exact) mass is 551 g/mol. The highest BCUT2D eigenvalue weighted by molar-refractivity contribution is 9.10. The molecule has 188 valence electrons. The molecule has 0 radical (unpaired) electrons. The number of halogens is 2. The van der Waals surface area contributed by atoms with Gasteiger partial charge in [-0.25, -0.2) is 4.79 Å². The number of aryl methyl sites for hydroxylation is 1. The highest BCUT2D eigenvalue weighted by Crippen LogP contribution is 2.43. The smallest absolute Gasteiger partial charge is 0.314 e. The molecule has 7 heteroatoms. The summed E-state index contributed by atoms with van der Waals surface area (Å²) in [5.74, 6) is 1.49. The molecule has 1 aromatic rings. The van der Waals surface area contributed by atoms with Crippen molar-refractivity contribution in [2.45, 2.75) is 71.1 Å². The lowest BCUT2D eigenvalue weighted by molar-refractivity contribution is -0.134. The van der Waals surface area contributed by atoms with E-state index >= 15 is 0 Å². The van der Waals surface area contributed by atoms with Crippen LogP contribution in [0, 0.1) is 11.8 Å². The average molecular weight is 553 g/mol. The lowest BCUT2D eigenvalue weighted by atomic mass is 9.75. The highest BCUT2D eigenvalue weighted by atomic mass is 79.9. The lowest BCUT2D eigenvalue weighted by Crippen LogP contribution is -2.44. The molecule has 0 aromatic heterocycles. The third-order valence-electron chi connectivity index (χ3n) is 7.79. The van der Waals surface area contributed by atoms with Crippen molar-refractivity contribution in [3.8, 4) is 0 Å². The molecule has 0 saturated carbocycles. The first-order valence-corrected chi connectivity index (χ1v) is 13.9. The Morgan fingerprint density at radius 1 is 1.12 bits per heavy atom. The van der Waals surface area contributed by atoms with Gasteiger partial charge in [0.2, 0.25) is 5.91 Å². The lowest BCUT2D eigenvalue weighted by Gasteiger charge is -2.38. The molecule has 0 spiro atoms. The van der Waals surface area contributed by atoms with Crippen LogP contribution in [0.15, 0.2) is 28.8 Å². The number of hydrogen-bond acceptors (Lipinski definition) is 2. The molecule has 3 rings (SSSR count). The van der Waals surface area contributed by atoms with Crippen molar-refractivity contribution in [3.05, 3.63) is 44.9 Å². The van der Waals surface area contributed by atoms with E-state index in [0.29, 0.717) is 37.3 Å². The van der Waals surface area contributed by atoms with Crippen LogP contribution in [0.4, 0.5) is 4.79 Å². The van der Waals surface area contributed by atoms with Gasteiger partial charge in [0.1, 0.15) is 0 Å². The Morgan fingerprint density at radius 3 is 2.29 bits per heavy atom. The van der Waals surface area contributed by atoms with Crippen LogP contribution in [0.1, 0.15) is 75.8 Å². The molecule has 2 N–H and O–H groups in total. The second kappa shape index (κ2) is 12.4. The van der Waals surface area contributed by atoms with Gasteiger partial charge in [0.15, 0.2) is 0 Å². The van der Waals surface area contributed by atoms with E-state index in [0.717, 1.165) is 67.5 Å². The topological polar surface area (TPSA) is 66.6 Å². The van der Waals surface area contributed by atoms with Crippen LogP contribution in [-0.4, -0.2) is 47.9 Å². The summed E-state index contributed by atoms with van der Waals surface area (Å²) in [6.07, 6.45) is 7.20. The Morgan fingerprint density at radius 2 is 1.74 bits per heavy atom. The number of carbonyl (C=O) groups excluding carboxylic acids is 2. The van der Waals surface area contributed by atoms with Gasteiger partial charge in [0, 0.05) is 42.1 Å². The number of nitrogens with two attached hydrogens (primary N) is 1. The fourth-order valence-electron chi connectivity index (χ4n) is 5.59. The molecule has 2 aliphatic rings. The van der Waals surface area contributed by atoms with Crippen molar-refractivity contribution in [3.63, 3.8) is 0 Å². The number of piperidine rings is 2. The van der Waals surface area contributed by atoms with E-state index < -0.39 is 0 Å². The molecule has 1 aromatic carbocycles. The number of nitrogens with zero attached hydrogens (tertiary/aromatic N) is 2. The summed E-state index contributed by atoms with van der Waals surface area (Å²) in [7, 11) is 0. The maximum atomic E-state index is 13.0. The fraction of sp³-hybridized carbons (Fsp3) is 0.630. The van der Waals surface area contributed by atoms with Crippen LogP contribution in [0.2, 0.25) is 5.02 Å². The van der Waals surface area contributed by atoms with Gasteiger partial charge in [-0.05, 0) is 86.0 Å². The SMILES string of the molecule is C=C(CC)CC(c1c(Br)cc(Cl)cc1CC)C1CCN(C(=O)CC2CCN(C(N)=O)CC2)CC1. The summed E-state index contributed by atoms with van der Waals surface area (Å²) in [5, 5.41) is 0.766. The zero-order valence-corrected chi connectivity index (χ0v) is 23.0. The third kappa shape index (κ3) is 6.78. The van der Waals surface area contributed by atoms with Gasteiger partial charge in [-0.1, -0.05) is 53.5 Å². The Bertz CT molecular complexity index is 890. The van der Waals surface area contributed by atoms with Crippen LogP contribution in [0.25, 0.3) is 0 Å². The molecular weight excluding hydrogens is 514 g/mol. The number of allylic oxidation sites excluding steroid dienone is 1. The van der Waals surface area contributed by atoms with Crippen LogP contribution >= 0.6 is 27.5 Å². The van der Waals surface area contributed by atoms with Crippen molar-refractivity contribution in [2.24, 2.45) is 17.6 Å². The maximum Gasteiger partial charge on any atom is 0.314 e. The first kappa shape index (κ1) is 27.1. The molecule has 0 bridgehead atoms. The summed E-state index contributed by atoms with van der Waals surface area (Å²) in [5.41, 5.74) is 9.32. The Hall–Kier alpha value is -1.53. The molecule has 2 fully saturated rings. The zero-order valence-electron chi connectivity index (χ0n) is 20.6. The third-order valence-corrected chi connectivity index (χ3v) is 8.67. The Balaban J connectivity index is 1.64. The predicted octanol–water partition coefficient (Wildman–Crippen LogP) is 6.52. The van der Waals surface area contributed by atoms with E-state index in [1.165, 1.54) is 16.7 Å². The molecule has 5 nitrogen and oxygen atoms in total. The molecule has 1 atom stereocenters. The van der Waals surface area contributed by atoms with Crippen molar-refractivity contribution >= 4 is 39.5 Å². The van der Waals surface area contributed by atoms with Crippen molar-refractivity contribution < 1.29 is 9.59 Å². The minimum absolute atomic E-state index is 0.257. The second-order valence-corrected chi connectivity index (χ2v) is 11.2. The number of carbonyl (C=O) groups is 2. The van der Waals surface area contributed by atoms with Gasteiger partial charge in [-0.15, -0.1) is 0 Å². The van der Waals surface area contributed by atoms with Gasteiger partial charge in [0.25, 0.3) is 0 Å². The van der Waals surface area contributed by atoms with Gasteiger partial charge in [0.05, 0.1) is 0 Å². The van der Waals surface area contributed by atoms with Gasteiger partial charge < -0.3 is 15.5 Å². The summed E-state index contributed by atoms with van der Waals surface area (Å²) >= 11 is 10.2. The quantitative estimate of drug-likeness (QED) is 0.373. The van der Waals surface area contributed by atoms with Crippen LogP contribution < -0.4 is 5.73 Å². The molecular formula is C27H39BrClN3O2. The van der Waals surface area contributed by atoms with Gasteiger partial charge >= 0.3 is 6.03 Å². The second-order valence-electron chi connectivity index (χ2n) is 9.92. The minimum Gasteiger partial charge on any atom is -0.351 e. The number of urea groups is 1. The van der Waals surface area contributed by atoms with Crippen molar-refractivity contribution in [2.75, 3.05) is 26.2 Å². The molecule has 2 saturated heterocycles. The number of likely N-dealkylation sites (tertiary alicyclic amines) is 2. The maximum absolute atomic E-state index is 13.0. The molecule has 0 aliphatic carbocycles. The number of primary amides is 1. The number of rotatable bonds is 8. The first-order valence-electron chi connectivity index (χ1n) is 12.7. The first-order chi connectivity index (χ1) is 16.2. The highest BCUT2D eigenvalue weighted by Gasteiger charge is 2.33. The van der Waals surface area contributed by atoms with E-state index in [4.69, 9.17) is 17.3 Å². The Labute approximate surface area is 218 Å². The molecule has 3 amide bonds. The van der Waals surface area contributed by atoms with Crippen LogP contribution in [0.3, 0.4) is 0 Å². The average Bonchev–Trinajstić information content (AvgIpc) is 2.82. The Kier molecular flexibility index (Phi) is 9.90. The number of benzene rings is 1.